The third kappa shape index (κ3) is 17.6. The van der Waals surface area contributed by atoms with Crippen LogP contribution in [0.15, 0.2) is 55.2 Å². The fourth-order valence-electron chi connectivity index (χ4n) is 6.36. The average molecular weight is 893 g/mol. The monoisotopic (exact) mass is 892 g/mol. The van der Waals surface area contributed by atoms with Gasteiger partial charge in [-0.1, -0.05) is 43.7 Å². The molecule has 332 valence electrons. The number of rotatable bonds is 29. The first-order valence-corrected chi connectivity index (χ1v) is 24.1. The van der Waals surface area contributed by atoms with E-state index < -0.39 is 49.5 Å². The Morgan fingerprint density at radius 3 is 2.19 bits per heavy atom. The van der Waals surface area contributed by atoms with Gasteiger partial charge < -0.3 is 28.0 Å². The molecule has 59 heavy (non-hydrogen) atoms. The molecule has 2 unspecified atom stereocenters. The van der Waals surface area contributed by atoms with Gasteiger partial charge in [-0.3, -0.25) is 9.36 Å². The van der Waals surface area contributed by atoms with Gasteiger partial charge in [0.15, 0.2) is 5.71 Å². The van der Waals surface area contributed by atoms with Crippen LogP contribution < -0.4 is 10.6 Å². The Hall–Kier alpha value is -2.77. The van der Waals surface area contributed by atoms with E-state index in [9.17, 15) is 35.5 Å². The molecule has 1 heterocycles. The fraction of sp³-hybridized carbons (Fsp3) is 0.625. The highest BCUT2D eigenvalue weighted by Crippen LogP contribution is 2.50. The van der Waals surface area contributed by atoms with Crippen LogP contribution in [0.25, 0.3) is 0 Å². The van der Waals surface area contributed by atoms with Crippen LogP contribution in [0.4, 0.5) is 18.9 Å². The van der Waals surface area contributed by atoms with Crippen molar-refractivity contribution < 1.29 is 58.2 Å². The number of hydrogen-bond acceptors (Lipinski definition) is 11. The molecule has 0 radical (unpaired) electrons. The predicted octanol–water partition coefficient (Wildman–Crippen LogP) is 8.46. The number of allylic oxidation sites excluding steroid dienone is 5. The Bertz CT molecular complexity index is 1810. The summed E-state index contributed by atoms with van der Waals surface area (Å²) in [5.41, 5.74) is 1.63. The van der Waals surface area contributed by atoms with Crippen LogP contribution in [0.1, 0.15) is 98.5 Å². The average Bonchev–Trinajstić information content (AvgIpc) is 3.35. The Labute approximate surface area is 350 Å². The first-order chi connectivity index (χ1) is 27.7. The van der Waals surface area contributed by atoms with Gasteiger partial charge in [0.2, 0.25) is 5.69 Å². The van der Waals surface area contributed by atoms with Crippen LogP contribution in [-0.2, 0) is 43.0 Å². The van der Waals surface area contributed by atoms with Gasteiger partial charge in [-0.05, 0) is 79.4 Å². The number of unbranched alkanes of at least 4 members (excludes halogenated alkanes) is 4. The lowest BCUT2D eigenvalue weighted by Gasteiger charge is -2.35. The number of halogens is 3. The highest BCUT2D eigenvalue weighted by Gasteiger charge is 2.45. The topological polar surface area (TPSA) is 170 Å². The van der Waals surface area contributed by atoms with Crippen molar-refractivity contribution in [2.75, 3.05) is 45.3 Å². The second-order valence-corrected chi connectivity index (χ2v) is 19.9. The normalized spacial score (nSPS) is 16.0. The van der Waals surface area contributed by atoms with Crippen LogP contribution in [0.3, 0.4) is 0 Å². The number of carbonyl (C=O) groups excluding carboxylic acids is 1. The maximum atomic E-state index is 14.6. The standard InChI is InChI=1S/C40H61F3N4O9P2S/c1-8-9-10-13-20-37-39(6,7)35-31-34(21-22-36(35)46(37)25-19-30-59(50,51)52)58(49,56-29-17-14-24-45-38(48)40(41,42)43)55-28-16-12-11-15-26-53-57(54-27-18-23-44)47(32(2)3)33(4)5/h8-10,13,20-22,31-33H,1,11-12,14-19,24-30H2,2-7H3,(H-,45,48,50,51,52)/b10-9+,20-13+. The smallest absolute Gasteiger partial charge is 0.471 e. The molecular weight excluding hydrogens is 831 g/mol. The molecule has 0 spiro atoms. The number of alkyl halides is 3. The first kappa shape index (κ1) is 52.4. The SMILES string of the molecule is C=C/C=C/C=C/C1=[N+](CCCS(=O)(=O)[O-])c2ccc(P(=O)(OCCCCCCOP(OCCC#N)N(C(C)C)C(C)C)OCCCCNC(=O)C(F)(F)F)cc2C1(C)C. The van der Waals surface area contributed by atoms with Crippen molar-refractivity contribution >= 4 is 48.9 Å². The molecule has 1 aliphatic rings. The summed E-state index contributed by atoms with van der Waals surface area (Å²) in [7, 11) is -9.80. The number of benzene rings is 1. The molecule has 1 aromatic rings. The third-order valence-electron chi connectivity index (χ3n) is 9.12. The molecule has 0 fully saturated rings. The van der Waals surface area contributed by atoms with Gasteiger partial charge in [-0.25, -0.2) is 13.1 Å². The maximum absolute atomic E-state index is 14.6. The highest BCUT2D eigenvalue weighted by atomic mass is 32.2. The van der Waals surface area contributed by atoms with Gasteiger partial charge in [0.25, 0.3) is 8.53 Å². The van der Waals surface area contributed by atoms with E-state index >= 15 is 0 Å². The zero-order valence-electron chi connectivity index (χ0n) is 35.0. The lowest BCUT2D eigenvalue weighted by atomic mass is 9.81. The number of hydrogen-bond donors (Lipinski definition) is 1. The summed E-state index contributed by atoms with van der Waals surface area (Å²) in [5.74, 6) is -2.58. The second-order valence-electron chi connectivity index (χ2n) is 14.9. The van der Waals surface area contributed by atoms with E-state index in [1.807, 2.05) is 35.9 Å². The molecule has 1 aliphatic heterocycles. The van der Waals surface area contributed by atoms with Gasteiger partial charge in [0.1, 0.15) is 6.54 Å². The van der Waals surface area contributed by atoms with Crippen molar-refractivity contribution in [3.63, 3.8) is 0 Å². The number of nitrogens with one attached hydrogen (secondary N) is 1. The lowest BCUT2D eigenvalue weighted by molar-refractivity contribution is -0.437. The van der Waals surface area contributed by atoms with Crippen molar-refractivity contribution in [3.8, 4) is 6.07 Å². The molecule has 19 heteroatoms. The molecule has 1 amide bonds. The molecule has 1 aromatic carbocycles. The van der Waals surface area contributed by atoms with Crippen molar-refractivity contribution in [3.05, 3.63) is 60.7 Å². The van der Waals surface area contributed by atoms with Gasteiger partial charge in [0.05, 0.1) is 59.8 Å². The molecule has 2 atom stereocenters. The maximum Gasteiger partial charge on any atom is 0.471 e. The minimum Gasteiger partial charge on any atom is -0.748 e. The third-order valence-corrected chi connectivity index (χ3v) is 14.0. The molecule has 2 rings (SSSR count). The summed E-state index contributed by atoms with van der Waals surface area (Å²) in [6.07, 6.45) is 7.33. The van der Waals surface area contributed by atoms with Gasteiger partial charge >= 0.3 is 19.7 Å². The van der Waals surface area contributed by atoms with Crippen LogP contribution in [0.2, 0.25) is 0 Å². The lowest BCUT2D eigenvalue weighted by Crippen LogP contribution is -2.37. The Kier molecular flexibility index (Phi) is 22.4. The van der Waals surface area contributed by atoms with Crippen LogP contribution in [0, 0.1) is 11.3 Å². The van der Waals surface area contributed by atoms with Crippen molar-refractivity contribution in [2.45, 2.75) is 117 Å². The summed E-state index contributed by atoms with van der Waals surface area (Å²) >= 11 is 0. The van der Waals surface area contributed by atoms with Crippen molar-refractivity contribution in [2.24, 2.45) is 0 Å². The highest BCUT2D eigenvalue weighted by molar-refractivity contribution is 7.85. The van der Waals surface area contributed by atoms with Crippen LogP contribution in [0.5, 0.6) is 0 Å². The summed E-state index contributed by atoms with van der Waals surface area (Å²) < 4.78 is 115. The van der Waals surface area contributed by atoms with E-state index in [1.165, 1.54) is 0 Å². The van der Waals surface area contributed by atoms with Crippen LogP contribution in [-0.4, -0.2) is 97.4 Å². The Balaban J connectivity index is 2.23. The van der Waals surface area contributed by atoms with Gasteiger partial charge in [0, 0.05) is 48.5 Å². The summed E-state index contributed by atoms with van der Waals surface area (Å²) in [6.45, 7) is 16.6. The predicted molar refractivity (Wildman–Crippen MR) is 224 cm³/mol. The van der Waals surface area contributed by atoms with Gasteiger partial charge in [-0.2, -0.15) is 23.0 Å². The molecule has 1 N–H and O–H groups in total. The number of fused-ring (bicyclic) bond motifs is 1. The van der Waals surface area contributed by atoms with E-state index in [-0.39, 0.29) is 76.0 Å². The molecular formula is C40H61F3N4O9P2S. The number of amides is 1. The Morgan fingerprint density at radius 2 is 1.61 bits per heavy atom. The molecule has 0 aromatic heterocycles. The second kappa shape index (κ2) is 25.2. The quantitative estimate of drug-likeness (QED) is 0.0269. The molecule has 13 nitrogen and oxygen atoms in total. The summed E-state index contributed by atoms with van der Waals surface area (Å²) in [4.78, 5) is 11.2. The molecule has 0 aliphatic carbocycles. The van der Waals surface area contributed by atoms with Crippen LogP contribution >= 0.6 is 16.1 Å². The van der Waals surface area contributed by atoms with Gasteiger partial charge in [-0.15, -0.1) is 0 Å². The zero-order chi connectivity index (χ0) is 44.3. The Morgan fingerprint density at radius 1 is 1.00 bits per heavy atom. The van der Waals surface area contributed by atoms with E-state index in [0.717, 1.165) is 36.2 Å². The number of nitrogens with zero attached hydrogens (tertiary/aromatic N) is 3. The van der Waals surface area contributed by atoms with E-state index in [1.54, 1.807) is 36.4 Å². The summed E-state index contributed by atoms with van der Waals surface area (Å²) in [5, 5.41) is 11.0. The zero-order valence-corrected chi connectivity index (χ0v) is 37.6. The minimum atomic E-state index is -4.99. The van der Waals surface area contributed by atoms with Crippen molar-refractivity contribution in [1.29, 1.82) is 5.26 Å². The van der Waals surface area contributed by atoms with E-state index in [4.69, 9.17) is 23.4 Å². The molecule has 0 saturated heterocycles. The minimum absolute atomic E-state index is 0.0785. The largest absolute Gasteiger partial charge is 0.748 e. The molecule has 0 bridgehead atoms. The number of nitriles is 1. The van der Waals surface area contributed by atoms with E-state index in [2.05, 4.69) is 45.0 Å². The van der Waals surface area contributed by atoms with E-state index in [0.29, 0.717) is 13.0 Å². The molecule has 0 saturated carbocycles. The first-order valence-electron chi connectivity index (χ1n) is 19.8. The fourth-order valence-corrected chi connectivity index (χ4v) is 10.1. The summed E-state index contributed by atoms with van der Waals surface area (Å²) in [6, 6.07) is 7.57. The number of carbonyl (C=O) groups is 1. The van der Waals surface area contributed by atoms with Crippen molar-refractivity contribution in [1.82, 2.24) is 9.99 Å².